The molecule has 0 radical (unpaired) electrons. The number of ether oxygens (including phenoxy) is 1. The van der Waals surface area contributed by atoms with Crippen LogP contribution >= 0.6 is 23.1 Å². The number of thiazole rings is 1. The fourth-order valence-corrected chi connectivity index (χ4v) is 7.72. The highest BCUT2D eigenvalue weighted by Gasteiger charge is 2.53. The molecule has 1 heterocycles. The van der Waals surface area contributed by atoms with Crippen molar-refractivity contribution in [2.75, 3.05) is 12.4 Å². The standard InChI is InChI=1S/C21H30N2O3S2/c1-3-26-19(25)7-17-11-27-20(23-17)28-12-18(24)22-13(2)21-8-14-4-15(9-21)6-16(5-14)10-21/h11,13-16H,3-10,12H2,1-2H3,(H,22,24)/t13-,14?,15?,16?,21?/m1/s1. The van der Waals surface area contributed by atoms with Crippen LogP contribution in [0.1, 0.15) is 58.1 Å². The van der Waals surface area contributed by atoms with Crippen molar-refractivity contribution < 1.29 is 14.3 Å². The molecule has 1 aromatic rings. The summed E-state index contributed by atoms with van der Waals surface area (Å²) in [5.41, 5.74) is 1.05. The lowest BCUT2D eigenvalue weighted by Crippen LogP contribution is -2.56. The molecule has 154 valence electrons. The Morgan fingerprint density at radius 1 is 1.29 bits per heavy atom. The van der Waals surface area contributed by atoms with E-state index in [0.29, 0.717) is 23.5 Å². The lowest BCUT2D eigenvalue weighted by atomic mass is 9.48. The number of hydrogen-bond donors (Lipinski definition) is 1. The van der Waals surface area contributed by atoms with Gasteiger partial charge in [-0.25, -0.2) is 4.98 Å². The largest absolute Gasteiger partial charge is 0.466 e. The topological polar surface area (TPSA) is 68.3 Å². The van der Waals surface area contributed by atoms with Crippen molar-refractivity contribution in [3.05, 3.63) is 11.1 Å². The molecule has 4 bridgehead atoms. The molecule has 0 saturated heterocycles. The third-order valence-electron chi connectivity index (χ3n) is 6.87. The van der Waals surface area contributed by atoms with Crippen LogP contribution in [-0.4, -0.2) is 35.3 Å². The van der Waals surface area contributed by atoms with Crippen molar-refractivity contribution in [1.82, 2.24) is 10.3 Å². The summed E-state index contributed by atoms with van der Waals surface area (Å²) in [4.78, 5) is 28.5. The highest BCUT2D eigenvalue weighted by Crippen LogP contribution is 2.61. The summed E-state index contributed by atoms with van der Waals surface area (Å²) < 4.78 is 5.78. The second-order valence-corrected chi connectivity index (χ2v) is 11.0. The van der Waals surface area contributed by atoms with E-state index in [2.05, 4.69) is 17.2 Å². The molecule has 0 aliphatic heterocycles. The van der Waals surface area contributed by atoms with E-state index in [-0.39, 0.29) is 24.3 Å². The first kappa shape index (κ1) is 20.2. The van der Waals surface area contributed by atoms with E-state index in [1.165, 1.54) is 61.6 Å². The third-order valence-corrected chi connectivity index (χ3v) is 8.94. The molecule has 4 saturated carbocycles. The van der Waals surface area contributed by atoms with Gasteiger partial charge in [0, 0.05) is 11.4 Å². The van der Waals surface area contributed by atoms with Crippen LogP contribution < -0.4 is 5.32 Å². The van der Waals surface area contributed by atoms with Gasteiger partial charge in [-0.15, -0.1) is 11.3 Å². The number of carbonyl (C=O) groups excluding carboxylic acids is 2. The molecule has 1 aromatic heterocycles. The highest BCUT2D eigenvalue weighted by molar-refractivity contribution is 8.01. The number of carbonyl (C=O) groups is 2. The SMILES string of the molecule is CCOC(=O)Cc1csc(SCC(=O)N[C@H](C)C23CC4CC(CC(C4)C2)C3)n1. The molecule has 5 rings (SSSR count). The molecule has 7 heteroatoms. The molecule has 5 nitrogen and oxygen atoms in total. The second-order valence-electron chi connectivity index (χ2n) is 8.94. The molecule has 0 spiro atoms. The average Bonchev–Trinajstić information content (AvgIpc) is 3.06. The number of aromatic nitrogens is 1. The minimum Gasteiger partial charge on any atom is -0.466 e. The quantitative estimate of drug-likeness (QED) is 0.505. The molecule has 1 atom stereocenters. The van der Waals surface area contributed by atoms with Gasteiger partial charge in [0.25, 0.3) is 0 Å². The van der Waals surface area contributed by atoms with Crippen molar-refractivity contribution in [1.29, 1.82) is 0 Å². The van der Waals surface area contributed by atoms with Crippen LogP contribution in [0.25, 0.3) is 0 Å². The van der Waals surface area contributed by atoms with Crippen molar-refractivity contribution >= 4 is 35.0 Å². The van der Waals surface area contributed by atoms with Crippen molar-refractivity contribution in [2.24, 2.45) is 23.2 Å². The van der Waals surface area contributed by atoms with Crippen LogP contribution in [0.15, 0.2) is 9.72 Å². The molecule has 1 N–H and O–H groups in total. The first-order valence-corrected chi connectivity index (χ1v) is 12.3. The smallest absolute Gasteiger partial charge is 0.311 e. The Labute approximate surface area is 175 Å². The Bertz CT molecular complexity index is 698. The molecular weight excluding hydrogens is 392 g/mol. The van der Waals surface area contributed by atoms with Gasteiger partial charge in [0.1, 0.15) is 0 Å². The lowest BCUT2D eigenvalue weighted by Gasteiger charge is -2.59. The first-order valence-electron chi connectivity index (χ1n) is 10.5. The van der Waals surface area contributed by atoms with Crippen LogP contribution in [0.4, 0.5) is 0 Å². The molecule has 4 fully saturated rings. The predicted octanol–water partition coefficient (Wildman–Crippen LogP) is 4.06. The van der Waals surface area contributed by atoms with E-state index < -0.39 is 0 Å². The summed E-state index contributed by atoms with van der Waals surface area (Å²) in [6.45, 7) is 4.40. The molecule has 0 aromatic carbocycles. The second kappa shape index (κ2) is 8.34. The van der Waals surface area contributed by atoms with Crippen LogP contribution in [-0.2, 0) is 20.7 Å². The van der Waals surface area contributed by atoms with Gasteiger partial charge in [-0.2, -0.15) is 0 Å². The Hall–Kier alpha value is -1.08. The van der Waals surface area contributed by atoms with Gasteiger partial charge in [0.05, 0.1) is 24.5 Å². The monoisotopic (exact) mass is 422 g/mol. The van der Waals surface area contributed by atoms with E-state index in [4.69, 9.17) is 4.74 Å². The van der Waals surface area contributed by atoms with Crippen molar-refractivity contribution in [3.8, 4) is 0 Å². The molecule has 1 amide bonds. The molecule has 4 aliphatic rings. The Kier molecular flexibility index (Phi) is 6.02. The van der Waals surface area contributed by atoms with Crippen molar-refractivity contribution in [3.63, 3.8) is 0 Å². The molecule has 0 unspecified atom stereocenters. The van der Waals surface area contributed by atoms with Crippen LogP contribution in [0, 0.1) is 23.2 Å². The summed E-state index contributed by atoms with van der Waals surface area (Å²) in [5, 5.41) is 5.18. The maximum absolute atomic E-state index is 12.6. The number of nitrogens with zero attached hydrogens (tertiary/aromatic N) is 1. The third kappa shape index (κ3) is 4.40. The predicted molar refractivity (Wildman–Crippen MR) is 111 cm³/mol. The van der Waals surface area contributed by atoms with Crippen LogP contribution in [0.2, 0.25) is 0 Å². The van der Waals surface area contributed by atoms with E-state index in [0.717, 1.165) is 22.1 Å². The maximum atomic E-state index is 12.6. The number of nitrogens with one attached hydrogen (secondary N) is 1. The summed E-state index contributed by atoms with van der Waals surface area (Å²) >= 11 is 2.93. The summed E-state index contributed by atoms with van der Waals surface area (Å²) in [5.74, 6) is 2.90. The average molecular weight is 423 g/mol. The zero-order valence-electron chi connectivity index (χ0n) is 16.7. The Balaban J connectivity index is 1.26. The maximum Gasteiger partial charge on any atom is 0.311 e. The van der Waals surface area contributed by atoms with Gasteiger partial charge in [-0.3, -0.25) is 9.59 Å². The van der Waals surface area contributed by atoms with Gasteiger partial charge in [-0.1, -0.05) is 11.8 Å². The number of hydrogen-bond acceptors (Lipinski definition) is 6. The normalized spacial score (nSPS) is 31.6. The molecular formula is C21H30N2O3S2. The molecule has 4 aliphatic carbocycles. The van der Waals surface area contributed by atoms with Crippen LogP contribution in [0.5, 0.6) is 0 Å². The minimum absolute atomic E-state index is 0.0930. The zero-order chi connectivity index (χ0) is 19.7. The fraction of sp³-hybridized carbons (Fsp3) is 0.762. The summed E-state index contributed by atoms with van der Waals surface area (Å²) in [6.07, 6.45) is 8.38. The highest BCUT2D eigenvalue weighted by atomic mass is 32.2. The van der Waals surface area contributed by atoms with Gasteiger partial charge in [-0.05, 0) is 75.5 Å². The first-order chi connectivity index (χ1) is 13.5. The van der Waals surface area contributed by atoms with E-state index in [9.17, 15) is 9.59 Å². The van der Waals surface area contributed by atoms with E-state index in [1.807, 2.05) is 5.38 Å². The van der Waals surface area contributed by atoms with Gasteiger partial charge < -0.3 is 10.1 Å². The number of rotatable bonds is 8. The van der Waals surface area contributed by atoms with Gasteiger partial charge in [0.2, 0.25) is 5.91 Å². The number of amides is 1. The summed E-state index contributed by atoms with van der Waals surface area (Å²) in [7, 11) is 0. The zero-order valence-corrected chi connectivity index (χ0v) is 18.4. The van der Waals surface area contributed by atoms with Crippen molar-refractivity contribution in [2.45, 2.75) is 69.2 Å². The Morgan fingerprint density at radius 2 is 1.93 bits per heavy atom. The Morgan fingerprint density at radius 3 is 2.54 bits per heavy atom. The van der Waals surface area contributed by atoms with E-state index in [1.54, 1.807) is 6.92 Å². The number of thioether (sulfide) groups is 1. The molecule has 28 heavy (non-hydrogen) atoms. The minimum atomic E-state index is -0.258. The van der Waals surface area contributed by atoms with E-state index >= 15 is 0 Å². The van der Waals surface area contributed by atoms with Gasteiger partial charge in [0.15, 0.2) is 4.34 Å². The summed E-state index contributed by atoms with van der Waals surface area (Å²) in [6, 6.07) is 0.254. The van der Waals surface area contributed by atoms with Crippen LogP contribution in [0.3, 0.4) is 0 Å². The lowest BCUT2D eigenvalue weighted by molar-refractivity contribution is -0.142. The fourth-order valence-electron chi connectivity index (χ4n) is 6.07. The number of esters is 1. The van der Waals surface area contributed by atoms with Gasteiger partial charge >= 0.3 is 5.97 Å².